The molecule has 0 saturated carbocycles. The maximum atomic E-state index is 10.5. The minimum absolute atomic E-state index is 0.0677. The van der Waals surface area contributed by atoms with Crippen molar-refractivity contribution in [1.82, 2.24) is 4.98 Å². The highest BCUT2D eigenvalue weighted by Gasteiger charge is 2.08. The molecule has 1 aromatic heterocycles. The Morgan fingerprint density at radius 1 is 1.19 bits per heavy atom. The largest absolute Gasteiger partial charge is 0.481 e. The number of nitrogens with zero attached hydrogens (tertiary/aromatic N) is 1. The van der Waals surface area contributed by atoms with E-state index in [4.69, 9.17) is 5.11 Å². The molecule has 5 heteroatoms. The van der Waals surface area contributed by atoms with E-state index >= 15 is 0 Å². The number of pyridine rings is 1. The van der Waals surface area contributed by atoms with E-state index in [-0.39, 0.29) is 6.42 Å². The average Bonchev–Trinajstić information content (AvgIpc) is 2.63. The molecule has 0 aliphatic carbocycles. The summed E-state index contributed by atoms with van der Waals surface area (Å²) in [5.74, 6) is -0.846. The minimum atomic E-state index is -0.846. The fourth-order valence-corrected chi connectivity index (χ4v) is 2.69. The second-order valence-corrected chi connectivity index (χ2v) is 6.83. The summed E-state index contributed by atoms with van der Waals surface area (Å²) < 4.78 is 0. The average molecular weight is 376 g/mol. The molecule has 3 N–H and O–H groups in total. The van der Waals surface area contributed by atoms with Gasteiger partial charge in [0.1, 0.15) is 0 Å². The van der Waals surface area contributed by atoms with Crippen LogP contribution in [0.3, 0.4) is 0 Å². The van der Waals surface area contributed by atoms with Crippen LogP contribution in [0.5, 0.6) is 0 Å². The third-order valence-electron chi connectivity index (χ3n) is 4.21. The van der Waals surface area contributed by atoms with Gasteiger partial charge < -0.3 is 15.3 Å². The molecule has 2 unspecified atom stereocenters. The van der Waals surface area contributed by atoms with Crippen molar-refractivity contribution in [2.45, 2.75) is 76.9 Å². The summed E-state index contributed by atoms with van der Waals surface area (Å²) in [6.07, 6.45) is 13.2. The Balaban J connectivity index is 2.41. The number of aromatic nitrogens is 1. The lowest BCUT2D eigenvalue weighted by Gasteiger charge is -2.09. The number of hydrogen-bond acceptors (Lipinski definition) is 4. The van der Waals surface area contributed by atoms with E-state index in [9.17, 15) is 15.0 Å². The highest BCUT2D eigenvalue weighted by molar-refractivity contribution is 5.66. The number of carboxylic acid groups (broad SMARTS) is 1. The number of aliphatic hydroxyl groups excluding tert-OH is 2. The van der Waals surface area contributed by atoms with Gasteiger partial charge in [0, 0.05) is 18.5 Å². The van der Waals surface area contributed by atoms with Crippen molar-refractivity contribution in [3.05, 3.63) is 47.8 Å². The summed E-state index contributed by atoms with van der Waals surface area (Å²) in [6.45, 7) is 2.18. The van der Waals surface area contributed by atoms with Crippen molar-refractivity contribution in [3.63, 3.8) is 0 Å². The molecular formula is C22H33NO4. The molecule has 150 valence electrons. The van der Waals surface area contributed by atoms with Gasteiger partial charge in [-0.25, -0.2) is 0 Å². The number of rotatable bonds is 14. The molecule has 5 nitrogen and oxygen atoms in total. The molecule has 0 aliphatic heterocycles. The van der Waals surface area contributed by atoms with Crippen molar-refractivity contribution in [2.24, 2.45) is 0 Å². The zero-order valence-corrected chi connectivity index (χ0v) is 16.3. The first-order valence-electron chi connectivity index (χ1n) is 9.88. The predicted molar refractivity (Wildman–Crippen MR) is 108 cm³/mol. The topological polar surface area (TPSA) is 90.7 Å². The van der Waals surface area contributed by atoms with Crippen LogP contribution in [-0.4, -0.2) is 38.5 Å². The first kappa shape index (κ1) is 23.1. The van der Waals surface area contributed by atoms with Crippen LogP contribution in [0, 0.1) is 0 Å². The fourth-order valence-electron chi connectivity index (χ4n) is 2.69. The second-order valence-electron chi connectivity index (χ2n) is 6.83. The molecule has 0 aromatic carbocycles. The zero-order chi connectivity index (χ0) is 19.9. The molecule has 1 rings (SSSR count). The first-order valence-corrected chi connectivity index (χ1v) is 9.88. The molecule has 0 radical (unpaired) electrons. The lowest BCUT2D eigenvalue weighted by molar-refractivity contribution is -0.137. The third kappa shape index (κ3) is 12.1. The Morgan fingerprint density at radius 2 is 2.00 bits per heavy atom. The van der Waals surface area contributed by atoms with Crippen LogP contribution in [0.1, 0.15) is 69.7 Å². The van der Waals surface area contributed by atoms with Gasteiger partial charge in [-0.2, -0.15) is 0 Å². The quantitative estimate of drug-likeness (QED) is 0.336. The second kappa shape index (κ2) is 14.1. The van der Waals surface area contributed by atoms with Gasteiger partial charge >= 0.3 is 5.97 Å². The summed E-state index contributed by atoms with van der Waals surface area (Å²) in [5, 5.41) is 28.6. The van der Waals surface area contributed by atoms with Gasteiger partial charge in [-0.05, 0) is 50.3 Å². The van der Waals surface area contributed by atoms with E-state index in [0.29, 0.717) is 25.7 Å². The molecule has 0 fully saturated rings. The number of carbonyl (C=O) groups is 1. The molecule has 0 saturated heterocycles. The Hall–Kier alpha value is -1.98. The van der Waals surface area contributed by atoms with Crippen LogP contribution in [0.25, 0.3) is 6.08 Å². The number of aliphatic hydroxyl groups is 2. The highest BCUT2D eigenvalue weighted by Crippen LogP contribution is 2.10. The number of carboxylic acids is 1. The number of unbranched alkanes of at least 4 members (excludes halogenated alkanes) is 3. The predicted octanol–water partition coefficient (Wildman–Crippen LogP) is 4.14. The Bertz CT molecular complexity index is 598. The van der Waals surface area contributed by atoms with Gasteiger partial charge in [0.05, 0.1) is 17.9 Å². The van der Waals surface area contributed by atoms with Crippen LogP contribution < -0.4 is 0 Å². The number of allylic oxidation sites excluding steroid dienone is 1. The zero-order valence-electron chi connectivity index (χ0n) is 16.3. The van der Waals surface area contributed by atoms with Gasteiger partial charge in [-0.3, -0.25) is 9.78 Å². The van der Waals surface area contributed by atoms with Crippen LogP contribution in [-0.2, 0) is 11.2 Å². The van der Waals surface area contributed by atoms with Crippen LogP contribution in [0.2, 0.25) is 0 Å². The smallest absolute Gasteiger partial charge is 0.303 e. The van der Waals surface area contributed by atoms with E-state index in [1.807, 2.05) is 24.3 Å². The van der Waals surface area contributed by atoms with Crippen molar-refractivity contribution < 1.29 is 20.1 Å². The van der Waals surface area contributed by atoms with Gasteiger partial charge in [0.15, 0.2) is 0 Å². The highest BCUT2D eigenvalue weighted by atomic mass is 16.4. The third-order valence-corrected chi connectivity index (χ3v) is 4.21. The summed E-state index contributed by atoms with van der Waals surface area (Å²) in [7, 11) is 0. The Kier molecular flexibility index (Phi) is 12.1. The van der Waals surface area contributed by atoms with Gasteiger partial charge in [0.2, 0.25) is 0 Å². The summed E-state index contributed by atoms with van der Waals surface area (Å²) in [4.78, 5) is 15.0. The summed E-state index contributed by atoms with van der Waals surface area (Å²) in [6, 6.07) is 5.56. The van der Waals surface area contributed by atoms with Crippen molar-refractivity contribution in [2.75, 3.05) is 0 Å². The molecule has 0 spiro atoms. The fraction of sp³-hybridized carbons (Fsp3) is 0.545. The van der Waals surface area contributed by atoms with Gasteiger partial charge in [-0.15, -0.1) is 0 Å². The van der Waals surface area contributed by atoms with E-state index in [0.717, 1.165) is 17.8 Å². The molecule has 1 heterocycles. The maximum Gasteiger partial charge on any atom is 0.303 e. The normalized spacial score (nSPS) is 14.0. The summed E-state index contributed by atoms with van der Waals surface area (Å²) >= 11 is 0. The SMILES string of the molecule is CCCCCC=CCC(O)C=Cc1cccc(CC(O)CCCC(=O)O)n1. The molecule has 1 aromatic rings. The van der Waals surface area contributed by atoms with E-state index in [2.05, 4.69) is 18.0 Å². The van der Waals surface area contributed by atoms with E-state index in [1.54, 1.807) is 12.2 Å². The molecular weight excluding hydrogens is 342 g/mol. The van der Waals surface area contributed by atoms with Gasteiger partial charge in [0.25, 0.3) is 0 Å². The Morgan fingerprint density at radius 3 is 2.74 bits per heavy atom. The standard InChI is InChI=1S/C22H33NO4/c1-2-3-4-5-6-7-12-20(24)16-15-18-10-8-11-19(23-18)17-21(25)13-9-14-22(26)27/h6-8,10-11,15-16,20-21,24-25H,2-5,9,12-14,17H2,1H3,(H,26,27). The van der Waals surface area contributed by atoms with Crippen LogP contribution in [0.15, 0.2) is 36.4 Å². The van der Waals surface area contributed by atoms with Crippen LogP contribution >= 0.6 is 0 Å². The molecule has 27 heavy (non-hydrogen) atoms. The molecule has 0 bridgehead atoms. The lowest BCUT2D eigenvalue weighted by Crippen LogP contribution is -2.12. The van der Waals surface area contributed by atoms with E-state index < -0.39 is 18.2 Å². The molecule has 2 atom stereocenters. The minimum Gasteiger partial charge on any atom is -0.481 e. The number of hydrogen-bond donors (Lipinski definition) is 3. The van der Waals surface area contributed by atoms with Gasteiger partial charge in [-0.1, -0.05) is 44.1 Å². The molecule has 0 amide bonds. The van der Waals surface area contributed by atoms with Crippen molar-refractivity contribution in [3.8, 4) is 0 Å². The van der Waals surface area contributed by atoms with Crippen molar-refractivity contribution >= 4 is 12.0 Å². The Labute approximate surface area is 162 Å². The van der Waals surface area contributed by atoms with Crippen molar-refractivity contribution in [1.29, 1.82) is 0 Å². The maximum absolute atomic E-state index is 10.5. The lowest BCUT2D eigenvalue weighted by atomic mass is 10.1. The first-order chi connectivity index (χ1) is 13.0. The number of aliphatic carboxylic acids is 1. The molecule has 0 aliphatic rings. The summed E-state index contributed by atoms with van der Waals surface area (Å²) in [5.41, 5.74) is 1.49. The monoisotopic (exact) mass is 375 g/mol. The van der Waals surface area contributed by atoms with Crippen LogP contribution in [0.4, 0.5) is 0 Å². The van der Waals surface area contributed by atoms with E-state index in [1.165, 1.54) is 19.3 Å².